The van der Waals surface area contributed by atoms with Crippen molar-refractivity contribution in [1.82, 2.24) is 9.88 Å². The average molecular weight is 467 g/mol. The Hall–Kier alpha value is -3.58. The number of pyridine rings is 1. The minimum Gasteiger partial charge on any atom is -0.496 e. The SMILES string of the molecule is COc1cc(OC)c(-c2ccc(C(=O)N3[C@@H](c4ccccc4Cl)CC[C@H]3C(=O)O)cc2)cn1. The quantitative estimate of drug-likeness (QED) is 0.558. The van der Waals surface area contributed by atoms with E-state index in [2.05, 4.69) is 4.98 Å². The van der Waals surface area contributed by atoms with E-state index in [-0.39, 0.29) is 5.91 Å². The summed E-state index contributed by atoms with van der Waals surface area (Å²) in [4.78, 5) is 31.1. The normalized spacial score (nSPS) is 17.6. The lowest BCUT2D eigenvalue weighted by Gasteiger charge is -2.29. The highest BCUT2D eigenvalue weighted by molar-refractivity contribution is 6.31. The predicted octanol–water partition coefficient (Wildman–Crippen LogP) is 4.85. The number of nitrogens with zero attached hydrogens (tertiary/aromatic N) is 2. The maximum Gasteiger partial charge on any atom is 0.326 e. The molecule has 0 bridgehead atoms. The van der Waals surface area contributed by atoms with Gasteiger partial charge in [-0.15, -0.1) is 0 Å². The van der Waals surface area contributed by atoms with Crippen molar-refractivity contribution in [1.29, 1.82) is 0 Å². The molecule has 1 fully saturated rings. The summed E-state index contributed by atoms with van der Waals surface area (Å²) in [5, 5.41) is 10.3. The molecular weight excluding hydrogens is 444 g/mol. The third-order valence-electron chi connectivity index (χ3n) is 5.88. The Bertz CT molecular complexity index is 1180. The minimum absolute atomic E-state index is 0.351. The topological polar surface area (TPSA) is 89.0 Å². The summed E-state index contributed by atoms with van der Waals surface area (Å²) in [6.07, 6.45) is 2.53. The smallest absolute Gasteiger partial charge is 0.326 e. The molecule has 1 saturated heterocycles. The Labute approximate surface area is 196 Å². The van der Waals surface area contributed by atoms with E-state index in [1.165, 1.54) is 12.0 Å². The highest BCUT2D eigenvalue weighted by Crippen LogP contribution is 2.40. The van der Waals surface area contributed by atoms with Crippen molar-refractivity contribution in [3.05, 3.63) is 76.9 Å². The van der Waals surface area contributed by atoms with E-state index in [0.29, 0.717) is 35.1 Å². The fourth-order valence-electron chi connectivity index (χ4n) is 4.25. The van der Waals surface area contributed by atoms with Crippen LogP contribution in [0.4, 0.5) is 0 Å². The Kier molecular flexibility index (Phi) is 6.51. The number of aromatic nitrogens is 1. The highest BCUT2D eigenvalue weighted by atomic mass is 35.5. The second kappa shape index (κ2) is 9.50. The van der Waals surface area contributed by atoms with Crippen LogP contribution in [0.15, 0.2) is 60.8 Å². The Morgan fingerprint density at radius 3 is 2.42 bits per heavy atom. The molecule has 8 heteroatoms. The van der Waals surface area contributed by atoms with Crippen molar-refractivity contribution in [3.8, 4) is 22.8 Å². The van der Waals surface area contributed by atoms with Crippen molar-refractivity contribution in [2.45, 2.75) is 24.9 Å². The number of ether oxygens (including phenoxy) is 2. The van der Waals surface area contributed by atoms with Gasteiger partial charge in [0.2, 0.25) is 5.88 Å². The molecule has 1 aliphatic rings. The number of benzene rings is 2. The lowest BCUT2D eigenvalue weighted by Crippen LogP contribution is -2.41. The van der Waals surface area contributed by atoms with Crippen molar-refractivity contribution in [2.24, 2.45) is 0 Å². The molecule has 0 saturated carbocycles. The number of likely N-dealkylation sites (tertiary alicyclic amines) is 1. The molecular formula is C25H23ClN2O5. The molecule has 1 aliphatic heterocycles. The van der Waals surface area contributed by atoms with E-state index in [1.807, 2.05) is 18.2 Å². The third kappa shape index (κ3) is 4.36. The van der Waals surface area contributed by atoms with Gasteiger partial charge in [0.25, 0.3) is 5.91 Å². The number of methoxy groups -OCH3 is 2. The Morgan fingerprint density at radius 1 is 1.06 bits per heavy atom. The van der Waals surface area contributed by atoms with E-state index < -0.39 is 18.1 Å². The van der Waals surface area contributed by atoms with Gasteiger partial charge in [0.1, 0.15) is 11.8 Å². The number of carbonyl (C=O) groups excluding carboxylic acids is 1. The van der Waals surface area contributed by atoms with Gasteiger partial charge >= 0.3 is 5.97 Å². The molecule has 1 N–H and O–H groups in total. The number of halogens is 1. The van der Waals surface area contributed by atoms with Crippen molar-refractivity contribution in [3.63, 3.8) is 0 Å². The zero-order chi connectivity index (χ0) is 23.5. The van der Waals surface area contributed by atoms with Gasteiger partial charge in [0.05, 0.1) is 20.3 Å². The summed E-state index contributed by atoms with van der Waals surface area (Å²) in [6.45, 7) is 0. The number of hydrogen-bond donors (Lipinski definition) is 1. The minimum atomic E-state index is -1.02. The van der Waals surface area contributed by atoms with Crippen LogP contribution in [0.5, 0.6) is 11.6 Å². The number of carbonyl (C=O) groups is 2. The molecule has 33 heavy (non-hydrogen) atoms. The summed E-state index contributed by atoms with van der Waals surface area (Å²) in [7, 11) is 3.09. The summed E-state index contributed by atoms with van der Waals surface area (Å²) < 4.78 is 10.6. The van der Waals surface area contributed by atoms with Crippen LogP contribution in [0.3, 0.4) is 0 Å². The molecule has 170 valence electrons. The van der Waals surface area contributed by atoms with Crippen molar-refractivity contribution in [2.75, 3.05) is 14.2 Å². The summed E-state index contributed by atoms with van der Waals surface area (Å²) in [5.74, 6) is -0.355. The standard InChI is InChI=1S/C25H23ClN2O5/c1-32-22-13-23(33-2)27-14-18(22)15-7-9-16(10-8-15)24(29)28-20(11-12-21(28)25(30)31)17-5-3-4-6-19(17)26/h3-10,13-14,20-21H,11-12H2,1-2H3,(H,30,31)/t20-,21+/m1/s1. The number of carboxylic acids is 1. The maximum atomic E-state index is 13.5. The number of aliphatic carboxylic acids is 1. The fraction of sp³-hybridized carbons (Fsp3) is 0.240. The van der Waals surface area contributed by atoms with Crippen LogP contribution < -0.4 is 9.47 Å². The van der Waals surface area contributed by atoms with Gasteiger partial charge in [-0.3, -0.25) is 4.79 Å². The van der Waals surface area contributed by atoms with Crippen LogP contribution in [0.2, 0.25) is 5.02 Å². The number of carboxylic acid groups (broad SMARTS) is 1. The van der Waals surface area contributed by atoms with Crippen molar-refractivity contribution < 1.29 is 24.2 Å². The Balaban J connectivity index is 1.66. The maximum absolute atomic E-state index is 13.5. The molecule has 1 amide bonds. The monoisotopic (exact) mass is 466 g/mol. The van der Waals surface area contributed by atoms with E-state index in [9.17, 15) is 14.7 Å². The van der Waals surface area contributed by atoms with Crippen molar-refractivity contribution >= 4 is 23.5 Å². The van der Waals surface area contributed by atoms with Gasteiger partial charge in [-0.25, -0.2) is 9.78 Å². The summed E-state index contributed by atoms with van der Waals surface area (Å²) >= 11 is 6.37. The van der Waals surface area contributed by atoms with Gasteiger partial charge in [-0.1, -0.05) is 41.9 Å². The summed E-state index contributed by atoms with van der Waals surface area (Å²) in [5.41, 5.74) is 2.69. The average Bonchev–Trinajstić information content (AvgIpc) is 3.29. The van der Waals surface area contributed by atoms with E-state index in [0.717, 1.165) is 16.7 Å². The molecule has 4 rings (SSSR count). The zero-order valence-electron chi connectivity index (χ0n) is 18.2. The Morgan fingerprint density at radius 2 is 1.79 bits per heavy atom. The molecule has 0 unspecified atom stereocenters. The number of hydrogen-bond acceptors (Lipinski definition) is 5. The van der Waals surface area contributed by atoms with Crippen LogP contribution >= 0.6 is 11.6 Å². The van der Waals surface area contributed by atoms with E-state index in [1.54, 1.807) is 49.7 Å². The number of amides is 1. The van der Waals surface area contributed by atoms with Gasteiger partial charge in [-0.05, 0) is 42.2 Å². The van der Waals surface area contributed by atoms with Gasteiger partial charge < -0.3 is 19.5 Å². The third-order valence-corrected chi connectivity index (χ3v) is 6.23. The molecule has 0 spiro atoms. The van der Waals surface area contributed by atoms with Crippen LogP contribution in [-0.4, -0.2) is 47.1 Å². The lowest BCUT2D eigenvalue weighted by atomic mass is 10.0. The highest BCUT2D eigenvalue weighted by Gasteiger charge is 2.42. The molecule has 7 nitrogen and oxygen atoms in total. The first-order valence-electron chi connectivity index (χ1n) is 10.4. The lowest BCUT2D eigenvalue weighted by molar-refractivity contribution is -0.141. The van der Waals surface area contributed by atoms with E-state index in [4.69, 9.17) is 21.1 Å². The van der Waals surface area contributed by atoms with Gasteiger partial charge in [0, 0.05) is 28.4 Å². The van der Waals surface area contributed by atoms with Crippen LogP contribution in [0.1, 0.15) is 34.8 Å². The number of rotatable bonds is 6. The first kappa shape index (κ1) is 22.6. The second-order valence-corrected chi connectivity index (χ2v) is 8.09. The fourth-order valence-corrected chi connectivity index (χ4v) is 4.51. The molecule has 3 aromatic rings. The molecule has 0 radical (unpaired) electrons. The van der Waals surface area contributed by atoms with E-state index >= 15 is 0 Å². The van der Waals surface area contributed by atoms with Gasteiger partial charge in [0.15, 0.2) is 0 Å². The molecule has 2 atom stereocenters. The zero-order valence-corrected chi connectivity index (χ0v) is 19.0. The summed E-state index contributed by atoms with van der Waals surface area (Å²) in [6, 6.07) is 14.5. The largest absolute Gasteiger partial charge is 0.496 e. The first-order valence-corrected chi connectivity index (χ1v) is 10.8. The van der Waals surface area contributed by atoms with Gasteiger partial charge in [-0.2, -0.15) is 0 Å². The molecule has 0 aliphatic carbocycles. The second-order valence-electron chi connectivity index (χ2n) is 7.69. The molecule has 2 heterocycles. The van der Waals surface area contributed by atoms with Crippen LogP contribution in [0.25, 0.3) is 11.1 Å². The van der Waals surface area contributed by atoms with Crippen LogP contribution in [0, 0.1) is 0 Å². The van der Waals surface area contributed by atoms with Crippen LogP contribution in [-0.2, 0) is 4.79 Å². The predicted molar refractivity (Wildman–Crippen MR) is 124 cm³/mol. The molecule has 1 aromatic heterocycles. The first-order chi connectivity index (χ1) is 15.9. The molecule has 2 aromatic carbocycles.